The molecule has 2 aromatic rings. The fraction of sp³-hybridized carbons (Fsp3) is 0.263. The second kappa shape index (κ2) is 8.13. The number of aromatic nitrogens is 1. The summed E-state index contributed by atoms with van der Waals surface area (Å²) in [6.07, 6.45) is 5.25. The van der Waals surface area contributed by atoms with Crippen LogP contribution in [0.1, 0.15) is 37.6 Å². The number of nitrogens with one attached hydrogen (secondary N) is 1. The predicted molar refractivity (Wildman–Crippen MR) is 89.3 cm³/mol. The lowest BCUT2D eigenvalue weighted by Gasteiger charge is -2.12. The number of carbonyl (C=O) groups excluding carboxylic acids is 1. The first kappa shape index (κ1) is 16.0. The Kier molecular flexibility index (Phi) is 5.90. The monoisotopic (exact) mass is 294 g/mol. The van der Waals surface area contributed by atoms with Crippen molar-refractivity contribution < 1.29 is 4.79 Å². The number of nitrogens with zero attached hydrogens (tertiary/aromatic N) is 1. The van der Waals surface area contributed by atoms with Crippen LogP contribution in [0.25, 0.3) is 0 Å². The van der Waals surface area contributed by atoms with E-state index in [1.54, 1.807) is 12.3 Å². The number of benzene rings is 1. The molecule has 0 saturated heterocycles. The topological polar surface area (TPSA) is 42.0 Å². The van der Waals surface area contributed by atoms with Crippen LogP contribution in [-0.2, 0) is 11.2 Å². The normalized spacial score (nSPS) is 12.7. The smallest absolute Gasteiger partial charge is 0.244 e. The molecule has 0 saturated carbocycles. The molecule has 0 radical (unpaired) electrons. The van der Waals surface area contributed by atoms with Gasteiger partial charge in [0.05, 0.1) is 11.7 Å². The Labute approximate surface area is 132 Å². The highest BCUT2D eigenvalue weighted by atomic mass is 16.1. The standard InChI is InChI=1S/C19H22N2O/c1-15(11-12-17-8-4-3-5-9-17)14-19(22)21-16(2)18-10-6-7-13-20-18/h3-10,13-14,16H,11-12H2,1-2H3,(H,21,22)/b15-14+. The maximum absolute atomic E-state index is 12.0. The summed E-state index contributed by atoms with van der Waals surface area (Å²) in [5, 5.41) is 2.95. The lowest BCUT2D eigenvalue weighted by molar-refractivity contribution is -0.117. The van der Waals surface area contributed by atoms with E-state index in [1.165, 1.54) is 5.56 Å². The van der Waals surface area contributed by atoms with Crippen molar-refractivity contribution in [1.29, 1.82) is 0 Å². The van der Waals surface area contributed by atoms with Gasteiger partial charge in [-0.15, -0.1) is 0 Å². The second-order valence-corrected chi connectivity index (χ2v) is 5.46. The maximum atomic E-state index is 12.0. The van der Waals surface area contributed by atoms with Crippen molar-refractivity contribution in [1.82, 2.24) is 10.3 Å². The number of pyridine rings is 1. The van der Waals surface area contributed by atoms with Gasteiger partial charge in [0.2, 0.25) is 5.91 Å². The highest BCUT2D eigenvalue weighted by Crippen LogP contribution is 2.10. The first-order valence-corrected chi connectivity index (χ1v) is 7.57. The van der Waals surface area contributed by atoms with Crippen LogP contribution < -0.4 is 5.32 Å². The molecule has 0 spiro atoms. The van der Waals surface area contributed by atoms with Crippen LogP contribution in [0.5, 0.6) is 0 Å². The maximum Gasteiger partial charge on any atom is 0.244 e. The zero-order valence-electron chi connectivity index (χ0n) is 13.1. The van der Waals surface area contributed by atoms with Crippen LogP contribution in [0, 0.1) is 0 Å². The van der Waals surface area contributed by atoms with E-state index < -0.39 is 0 Å². The van der Waals surface area contributed by atoms with Gasteiger partial charge in [0.15, 0.2) is 0 Å². The zero-order chi connectivity index (χ0) is 15.8. The molecule has 0 aliphatic rings. The van der Waals surface area contributed by atoms with Crippen molar-refractivity contribution in [3.8, 4) is 0 Å². The van der Waals surface area contributed by atoms with Gasteiger partial charge in [0.25, 0.3) is 0 Å². The summed E-state index contributed by atoms with van der Waals surface area (Å²) < 4.78 is 0. The minimum Gasteiger partial charge on any atom is -0.344 e. The van der Waals surface area contributed by atoms with E-state index in [-0.39, 0.29) is 11.9 Å². The number of carbonyl (C=O) groups is 1. The van der Waals surface area contributed by atoms with Gasteiger partial charge >= 0.3 is 0 Å². The summed E-state index contributed by atoms with van der Waals surface area (Å²) >= 11 is 0. The molecule has 0 fully saturated rings. The van der Waals surface area contributed by atoms with E-state index in [2.05, 4.69) is 22.4 Å². The second-order valence-electron chi connectivity index (χ2n) is 5.46. The lowest BCUT2D eigenvalue weighted by Crippen LogP contribution is -2.25. The van der Waals surface area contributed by atoms with Gasteiger partial charge in [-0.2, -0.15) is 0 Å². The minimum atomic E-state index is -0.0909. The van der Waals surface area contributed by atoms with E-state index >= 15 is 0 Å². The molecular formula is C19H22N2O. The Hall–Kier alpha value is -2.42. The van der Waals surface area contributed by atoms with Gasteiger partial charge in [-0.3, -0.25) is 9.78 Å². The predicted octanol–water partition coefficient (Wildman–Crippen LogP) is 3.84. The molecule has 114 valence electrons. The van der Waals surface area contributed by atoms with Crippen LogP contribution in [0.15, 0.2) is 66.4 Å². The molecule has 0 bridgehead atoms. The van der Waals surface area contributed by atoms with Gasteiger partial charge in [-0.25, -0.2) is 0 Å². The highest BCUT2D eigenvalue weighted by Gasteiger charge is 2.08. The van der Waals surface area contributed by atoms with E-state index in [9.17, 15) is 4.79 Å². The summed E-state index contributed by atoms with van der Waals surface area (Å²) in [5.74, 6) is -0.0660. The number of allylic oxidation sites excluding steroid dienone is 1. The van der Waals surface area contributed by atoms with Gasteiger partial charge in [-0.1, -0.05) is 42.0 Å². The Bertz CT molecular complexity index is 620. The summed E-state index contributed by atoms with van der Waals surface area (Å²) in [4.78, 5) is 16.3. The zero-order valence-corrected chi connectivity index (χ0v) is 13.1. The Morgan fingerprint density at radius 3 is 2.59 bits per heavy atom. The number of hydrogen-bond acceptors (Lipinski definition) is 2. The van der Waals surface area contributed by atoms with Crippen molar-refractivity contribution in [2.75, 3.05) is 0 Å². The lowest BCUT2D eigenvalue weighted by atomic mass is 10.1. The average molecular weight is 294 g/mol. The summed E-state index contributed by atoms with van der Waals surface area (Å²) in [7, 11) is 0. The summed E-state index contributed by atoms with van der Waals surface area (Å²) in [6.45, 7) is 3.93. The molecular weight excluding hydrogens is 272 g/mol. The largest absolute Gasteiger partial charge is 0.344 e. The van der Waals surface area contributed by atoms with Crippen molar-refractivity contribution in [2.24, 2.45) is 0 Å². The molecule has 22 heavy (non-hydrogen) atoms. The Balaban J connectivity index is 1.84. The fourth-order valence-electron chi connectivity index (χ4n) is 2.24. The minimum absolute atomic E-state index is 0.0660. The molecule has 0 aliphatic carbocycles. The number of amides is 1. The molecule has 3 nitrogen and oxygen atoms in total. The number of aryl methyl sites for hydroxylation is 1. The van der Waals surface area contributed by atoms with Crippen LogP contribution in [-0.4, -0.2) is 10.9 Å². The van der Waals surface area contributed by atoms with Crippen LogP contribution in [0.4, 0.5) is 0 Å². The molecule has 2 rings (SSSR count). The Morgan fingerprint density at radius 1 is 1.18 bits per heavy atom. The number of hydrogen-bond donors (Lipinski definition) is 1. The van der Waals surface area contributed by atoms with Gasteiger partial charge in [0.1, 0.15) is 0 Å². The van der Waals surface area contributed by atoms with Crippen LogP contribution in [0.2, 0.25) is 0 Å². The van der Waals surface area contributed by atoms with Crippen molar-refractivity contribution in [2.45, 2.75) is 32.7 Å². The van der Waals surface area contributed by atoms with Gasteiger partial charge in [-0.05, 0) is 44.4 Å². The molecule has 1 unspecified atom stereocenters. The van der Waals surface area contributed by atoms with Crippen LogP contribution >= 0.6 is 0 Å². The highest BCUT2D eigenvalue weighted by molar-refractivity contribution is 5.88. The van der Waals surface area contributed by atoms with Crippen molar-refractivity contribution >= 4 is 5.91 Å². The van der Waals surface area contributed by atoms with E-state index in [4.69, 9.17) is 0 Å². The first-order valence-electron chi connectivity index (χ1n) is 7.57. The molecule has 1 aromatic carbocycles. The molecule has 1 heterocycles. The fourth-order valence-corrected chi connectivity index (χ4v) is 2.24. The van der Waals surface area contributed by atoms with E-state index in [0.29, 0.717) is 0 Å². The van der Waals surface area contributed by atoms with Crippen molar-refractivity contribution in [3.05, 3.63) is 77.6 Å². The van der Waals surface area contributed by atoms with Gasteiger partial charge < -0.3 is 5.32 Å². The molecule has 1 atom stereocenters. The average Bonchev–Trinajstić information content (AvgIpc) is 2.54. The molecule has 1 amide bonds. The SMILES string of the molecule is C/C(=C\C(=O)NC(C)c1ccccn1)CCc1ccccc1. The third-order valence-electron chi connectivity index (χ3n) is 3.52. The molecule has 0 aliphatic heterocycles. The van der Waals surface area contributed by atoms with Crippen molar-refractivity contribution in [3.63, 3.8) is 0 Å². The van der Waals surface area contributed by atoms with Gasteiger partial charge in [0, 0.05) is 12.3 Å². The third kappa shape index (κ3) is 5.17. The quantitative estimate of drug-likeness (QED) is 0.823. The summed E-state index contributed by atoms with van der Waals surface area (Å²) in [5.41, 5.74) is 3.23. The summed E-state index contributed by atoms with van der Waals surface area (Å²) in [6, 6.07) is 15.9. The van der Waals surface area contributed by atoms with E-state index in [1.807, 2.05) is 50.2 Å². The first-order chi connectivity index (χ1) is 10.6. The van der Waals surface area contributed by atoms with Crippen LogP contribution in [0.3, 0.4) is 0 Å². The third-order valence-corrected chi connectivity index (χ3v) is 3.52. The molecule has 1 N–H and O–H groups in total. The molecule has 1 aromatic heterocycles. The Morgan fingerprint density at radius 2 is 1.91 bits per heavy atom. The molecule has 3 heteroatoms. The van der Waals surface area contributed by atoms with E-state index in [0.717, 1.165) is 24.1 Å². The number of rotatable bonds is 6.